The number of amides is 1. The fraction of sp³-hybridized carbons (Fsp3) is 0.0588. The molecule has 0 saturated heterocycles. The van der Waals surface area contributed by atoms with E-state index in [0.717, 1.165) is 30.7 Å². The maximum absolute atomic E-state index is 13.9. The number of ether oxygens (including phenoxy) is 1. The van der Waals surface area contributed by atoms with Crippen LogP contribution in [-0.2, 0) is 14.8 Å². The van der Waals surface area contributed by atoms with E-state index in [4.69, 9.17) is 9.15 Å². The van der Waals surface area contributed by atoms with E-state index in [9.17, 15) is 26.8 Å². The van der Waals surface area contributed by atoms with Crippen LogP contribution in [0.4, 0.5) is 20.2 Å². The van der Waals surface area contributed by atoms with Gasteiger partial charge < -0.3 is 14.5 Å². The summed E-state index contributed by atoms with van der Waals surface area (Å²) in [4.78, 5) is 23.0. The molecule has 0 saturated carbocycles. The van der Waals surface area contributed by atoms with Crippen molar-refractivity contribution in [3.63, 3.8) is 0 Å². The van der Waals surface area contributed by atoms with Gasteiger partial charge in [0.1, 0.15) is 23.4 Å². The van der Waals surface area contributed by atoms with Crippen LogP contribution < -0.4 is 20.2 Å². The maximum atomic E-state index is 13.9. The minimum atomic E-state index is -3.77. The number of carbonyl (C=O) groups is 1. The second-order valence-electron chi connectivity index (χ2n) is 5.64. The van der Waals surface area contributed by atoms with E-state index in [1.165, 1.54) is 6.07 Å². The molecule has 2 aromatic carbocycles. The van der Waals surface area contributed by atoms with Gasteiger partial charge in [-0.3, -0.25) is 14.3 Å². The Morgan fingerprint density at radius 3 is 2.50 bits per heavy atom. The van der Waals surface area contributed by atoms with Crippen molar-refractivity contribution in [3.8, 4) is 11.5 Å². The molecule has 2 N–H and O–H groups in total. The highest BCUT2D eigenvalue weighted by Gasteiger charge is 2.17. The number of sulfonamides is 1. The van der Waals surface area contributed by atoms with E-state index in [0.29, 0.717) is 6.07 Å². The van der Waals surface area contributed by atoms with Crippen LogP contribution in [0, 0.1) is 11.6 Å². The largest absolute Gasteiger partial charge is 0.462 e. The number of benzene rings is 2. The third-order valence-electron chi connectivity index (χ3n) is 3.50. The van der Waals surface area contributed by atoms with Crippen molar-refractivity contribution in [2.75, 3.05) is 16.3 Å². The minimum absolute atomic E-state index is 0.0143. The van der Waals surface area contributed by atoms with E-state index in [2.05, 4.69) is 10.0 Å². The lowest BCUT2D eigenvalue weighted by atomic mass is 10.2. The number of carbonyl (C=O) groups excluding carboxylic acids is 1. The molecule has 0 aliphatic rings. The first kappa shape index (κ1) is 19.3. The number of anilines is 2. The third kappa shape index (κ3) is 4.09. The molecule has 0 aliphatic carbocycles. The highest BCUT2D eigenvalue weighted by molar-refractivity contribution is 7.92. The van der Waals surface area contributed by atoms with Gasteiger partial charge in [-0.2, -0.15) is 0 Å². The first-order chi connectivity index (χ1) is 13.2. The first-order valence-electron chi connectivity index (χ1n) is 7.58. The van der Waals surface area contributed by atoms with E-state index in [1.807, 2.05) is 0 Å². The second-order valence-corrected chi connectivity index (χ2v) is 7.38. The highest BCUT2D eigenvalue weighted by Crippen LogP contribution is 2.35. The first-order valence-corrected chi connectivity index (χ1v) is 9.47. The van der Waals surface area contributed by atoms with Crippen LogP contribution >= 0.6 is 0 Å². The number of nitrogens with one attached hydrogen (secondary N) is 2. The van der Waals surface area contributed by atoms with E-state index < -0.39 is 32.8 Å². The molecule has 146 valence electrons. The summed E-state index contributed by atoms with van der Waals surface area (Å²) < 4.78 is 63.1. The van der Waals surface area contributed by atoms with Crippen molar-refractivity contribution in [2.45, 2.75) is 0 Å². The normalized spacial score (nSPS) is 11.2. The van der Waals surface area contributed by atoms with Crippen molar-refractivity contribution in [1.29, 1.82) is 0 Å². The van der Waals surface area contributed by atoms with E-state index in [1.54, 1.807) is 0 Å². The molecule has 0 atom stereocenters. The Morgan fingerprint density at radius 2 is 1.86 bits per heavy atom. The molecular formula is C17H12F2N2O6S. The lowest BCUT2D eigenvalue weighted by Gasteiger charge is -2.14. The average molecular weight is 410 g/mol. The van der Waals surface area contributed by atoms with Crippen LogP contribution in [0.5, 0.6) is 11.5 Å². The van der Waals surface area contributed by atoms with Crippen LogP contribution in [0.2, 0.25) is 0 Å². The predicted molar refractivity (Wildman–Crippen MR) is 97.1 cm³/mol. The van der Waals surface area contributed by atoms with Gasteiger partial charge in [-0.15, -0.1) is 0 Å². The van der Waals surface area contributed by atoms with Crippen molar-refractivity contribution in [2.24, 2.45) is 0 Å². The number of hydrogen-bond donors (Lipinski definition) is 2. The molecule has 3 rings (SSSR count). The number of hydrogen-bond acceptors (Lipinski definition) is 6. The van der Waals surface area contributed by atoms with Gasteiger partial charge in [-0.1, -0.05) is 0 Å². The molecule has 0 unspecified atom stereocenters. The van der Waals surface area contributed by atoms with Gasteiger partial charge in [0.25, 0.3) is 0 Å². The van der Waals surface area contributed by atoms with Crippen LogP contribution in [0.25, 0.3) is 11.0 Å². The third-order valence-corrected chi connectivity index (χ3v) is 4.09. The van der Waals surface area contributed by atoms with Crippen LogP contribution in [-0.4, -0.2) is 21.1 Å². The van der Waals surface area contributed by atoms with Gasteiger partial charge in [0.05, 0.1) is 17.3 Å². The fourth-order valence-electron chi connectivity index (χ4n) is 2.36. The smallest absolute Gasteiger partial charge is 0.229 e. The Morgan fingerprint density at radius 1 is 1.11 bits per heavy atom. The van der Waals surface area contributed by atoms with Crippen molar-refractivity contribution >= 4 is 38.8 Å². The van der Waals surface area contributed by atoms with Crippen LogP contribution in [0.15, 0.2) is 45.8 Å². The molecule has 0 fully saturated rings. The molecule has 1 aromatic heterocycles. The van der Waals surface area contributed by atoms with Crippen LogP contribution in [0.3, 0.4) is 0 Å². The summed E-state index contributed by atoms with van der Waals surface area (Å²) >= 11 is 0. The zero-order chi connectivity index (χ0) is 20.5. The number of rotatable bonds is 6. The highest BCUT2D eigenvalue weighted by atomic mass is 32.2. The lowest BCUT2D eigenvalue weighted by Crippen LogP contribution is -2.12. The van der Waals surface area contributed by atoms with Gasteiger partial charge >= 0.3 is 0 Å². The molecule has 11 heteroatoms. The summed E-state index contributed by atoms with van der Waals surface area (Å²) in [6.45, 7) is 0. The molecule has 0 aliphatic heterocycles. The molecule has 1 heterocycles. The van der Waals surface area contributed by atoms with Gasteiger partial charge in [0.2, 0.25) is 21.9 Å². The molecule has 0 bridgehead atoms. The maximum Gasteiger partial charge on any atom is 0.229 e. The molecular weight excluding hydrogens is 398 g/mol. The topological polar surface area (TPSA) is 115 Å². The average Bonchev–Trinajstić information content (AvgIpc) is 2.59. The molecule has 8 nitrogen and oxygen atoms in total. The summed E-state index contributed by atoms with van der Waals surface area (Å²) in [5, 5.41) is 2.10. The van der Waals surface area contributed by atoms with Gasteiger partial charge in [0, 0.05) is 12.1 Å². The van der Waals surface area contributed by atoms with Crippen molar-refractivity contribution in [3.05, 3.63) is 58.5 Å². The lowest BCUT2D eigenvalue weighted by molar-refractivity contribution is -0.105. The minimum Gasteiger partial charge on any atom is -0.462 e. The summed E-state index contributed by atoms with van der Waals surface area (Å²) in [6.07, 6.45) is 2.15. The monoisotopic (exact) mass is 410 g/mol. The quantitative estimate of drug-likeness (QED) is 0.604. The molecule has 3 aromatic rings. The van der Waals surface area contributed by atoms with Crippen molar-refractivity contribution < 1.29 is 31.1 Å². The predicted octanol–water partition coefficient (Wildman–Crippen LogP) is 2.80. The number of fused-ring (bicyclic) bond motifs is 1. The summed E-state index contributed by atoms with van der Waals surface area (Å²) in [5.41, 5.74) is -0.952. The Hall–Kier alpha value is -3.47. The molecule has 0 spiro atoms. The van der Waals surface area contributed by atoms with Crippen LogP contribution in [0.1, 0.15) is 0 Å². The molecule has 28 heavy (non-hydrogen) atoms. The zero-order valence-corrected chi connectivity index (χ0v) is 15.0. The SMILES string of the molecule is CS(=O)(=O)Nc1cc2occ(NC=O)c(=O)c2cc1Oc1ccc(F)cc1F. The Kier molecular flexibility index (Phi) is 5.01. The Balaban J connectivity index is 2.20. The van der Waals surface area contributed by atoms with Crippen molar-refractivity contribution in [1.82, 2.24) is 0 Å². The van der Waals surface area contributed by atoms with E-state index in [-0.39, 0.29) is 34.5 Å². The Bertz CT molecular complexity index is 1240. The summed E-state index contributed by atoms with van der Waals surface area (Å²) in [6, 6.07) is 4.82. The molecule has 1 amide bonds. The second kappa shape index (κ2) is 7.27. The number of halogens is 2. The van der Waals surface area contributed by atoms with Gasteiger partial charge in [0.15, 0.2) is 17.3 Å². The molecule has 0 radical (unpaired) electrons. The fourth-order valence-corrected chi connectivity index (χ4v) is 2.92. The van der Waals surface area contributed by atoms with E-state index >= 15 is 0 Å². The van der Waals surface area contributed by atoms with Gasteiger partial charge in [-0.05, 0) is 18.2 Å². The summed E-state index contributed by atoms with van der Waals surface area (Å²) in [7, 11) is -3.77. The van der Waals surface area contributed by atoms with Gasteiger partial charge in [-0.25, -0.2) is 17.2 Å². The standard InChI is InChI=1S/C17H12F2N2O6S/c1-28(24,25)21-12-6-15-10(17(23)13(7-26-15)20-8-22)5-16(12)27-14-3-2-9(18)4-11(14)19/h2-8,21H,1H3,(H,20,22). The zero-order valence-electron chi connectivity index (χ0n) is 14.2. The summed E-state index contributed by atoms with van der Waals surface area (Å²) in [5.74, 6) is -2.50. The Labute approximate surface area is 156 Å².